The summed E-state index contributed by atoms with van der Waals surface area (Å²) in [5, 5.41) is 2.32. The van der Waals surface area contributed by atoms with Crippen LogP contribution in [0.15, 0.2) is 18.5 Å². The number of nitrogens with zero attached hydrogens (tertiary/aromatic N) is 2. The molecule has 0 bridgehead atoms. The van der Waals surface area contributed by atoms with Crippen molar-refractivity contribution in [1.29, 1.82) is 0 Å². The third-order valence-corrected chi connectivity index (χ3v) is 3.24. The number of carbonyl (C=O) groups is 1. The summed E-state index contributed by atoms with van der Waals surface area (Å²) in [5.74, 6) is -1.39. The highest BCUT2D eigenvalue weighted by molar-refractivity contribution is 6.43. The molecule has 1 amide bonds. The van der Waals surface area contributed by atoms with Crippen molar-refractivity contribution < 1.29 is 9.18 Å². The summed E-state index contributed by atoms with van der Waals surface area (Å²) in [7, 11) is 0. The summed E-state index contributed by atoms with van der Waals surface area (Å²) in [4.78, 5) is 19.4. The zero-order valence-corrected chi connectivity index (χ0v) is 11.8. The van der Waals surface area contributed by atoms with Crippen LogP contribution < -0.4 is 11.1 Å². The van der Waals surface area contributed by atoms with Crippen LogP contribution in [-0.4, -0.2) is 15.9 Å². The monoisotopic (exact) mass is 314 g/mol. The molecule has 8 heteroatoms. The van der Waals surface area contributed by atoms with Crippen molar-refractivity contribution in [3.63, 3.8) is 0 Å². The molecule has 1 aromatic carbocycles. The molecule has 0 aliphatic rings. The van der Waals surface area contributed by atoms with Gasteiger partial charge in [0.2, 0.25) is 0 Å². The zero-order chi connectivity index (χ0) is 14.9. The first-order valence-electron chi connectivity index (χ1n) is 5.43. The van der Waals surface area contributed by atoms with Crippen molar-refractivity contribution in [2.24, 2.45) is 0 Å². The maximum Gasteiger partial charge on any atom is 0.259 e. The Morgan fingerprint density at radius 3 is 2.75 bits per heavy atom. The topological polar surface area (TPSA) is 80.9 Å². The third-order valence-electron chi connectivity index (χ3n) is 2.50. The quantitative estimate of drug-likeness (QED) is 0.659. The van der Waals surface area contributed by atoms with Crippen LogP contribution in [-0.2, 0) is 0 Å². The van der Waals surface area contributed by atoms with Crippen molar-refractivity contribution in [1.82, 2.24) is 9.97 Å². The number of anilines is 2. The highest BCUT2D eigenvalue weighted by Gasteiger charge is 2.17. The molecule has 0 atom stereocenters. The fraction of sp³-hybridized carbons (Fsp3) is 0.0833. The van der Waals surface area contributed by atoms with E-state index in [2.05, 4.69) is 15.3 Å². The van der Waals surface area contributed by atoms with E-state index in [-0.39, 0.29) is 32.8 Å². The molecule has 0 spiro atoms. The van der Waals surface area contributed by atoms with Gasteiger partial charge in [0.1, 0.15) is 17.2 Å². The van der Waals surface area contributed by atoms with Crippen LogP contribution in [0.3, 0.4) is 0 Å². The average molecular weight is 315 g/mol. The molecule has 5 nitrogen and oxygen atoms in total. The second-order valence-electron chi connectivity index (χ2n) is 3.98. The molecule has 2 rings (SSSR count). The summed E-state index contributed by atoms with van der Waals surface area (Å²) in [6.07, 6.45) is 1.13. The maximum absolute atomic E-state index is 13.9. The smallest absolute Gasteiger partial charge is 0.259 e. The molecule has 0 saturated carbocycles. The number of rotatable bonds is 2. The molecule has 0 aliphatic heterocycles. The van der Waals surface area contributed by atoms with Gasteiger partial charge in [-0.3, -0.25) is 4.79 Å². The van der Waals surface area contributed by atoms with Gasteiger partial charge in [-0.25, -0.2) is 14.4 Å². The summed E-state index contributed by atoms with van der Waals surface area (Å²) in [5.41, 5.74) is 5.94. The average Bonchev–Trinajstić information content (AvgIpc) is 2.39. The summed E-state index contributed by atoms with van der Waals surface area (Å²) in [6, 6.07) is 2.66. The van der Waals surface area contributed by atoms with Gasteiger partial charge in [-0.05, 0) is 24.6 Å². The van der Waals surface area contributed by atoms with Crippen LogP contribution in [0.2, 0.25) is 10.2 Å². The third kappa shape index (κ3) is 2.81. The molecule has 0 saturated heterocycles. The Bertz CT molecular complexity index is 693. The van der Waals surface area contributed by atoms with E-state index in [0.29, 0.717) is 0 Å². The van der Waals surface area contributed by atoms with E-state index in [1.54, 1.807) is 0 Å². The Hall–Kier alpha value is -1.92. The first kappa shape index (κ1) is 14.5. The number of nitrogen functional groups attached to an aromatic ring is 1. The molecular weight excluding hydrogens is 306 g/mol. The van der Waals surface area contributed by atoms with Gasteiger partial charge >= 0.3 is 0 Å². The molecule has 2 aromatic rings. The van der Waals surface area contributed by atoms with Crippen molar-refractivity contribution in [3.8, 4) is 0 Å². The molecule has 0 aliphatic carbocycles. The second kappa shape index (κ2) is 5.60. The lowest BCUT2D eigenvalue weighted by molar-refractivity contribution is 0.102. The van der Waals surface area contributed by atoms with Gasteiger partial charge in [0.05, 0.1) is 5.56 Å². The number of halogens is 3. The predicted octanol–water partition coefficient (Wildman–Crippen LogP) is 3.07. The minimum atomic E-state index is -0.727. The fourth-order valence-electron chi connectivity index (χ4n) is 1.57. The number of nitrogens with one attached hydrogen (secondary N) is 1. The number of aromatic nitrogens is 2. The Labute approximate surface area is 123 Å². The molecule has 104 valence electrons. The van der Waals surface area contributed by atoms with Crippen molar-refractivity contribution in [2.75, 3.05) is 11.1 Å². The van der Waals surface area contributed by atoms with Crippen LogP contribution in [0.4, 0.5) is 15.9 Å². The second-order valence-corrected chi connectivity index (χ2v) is 4.72. The Morgan fingerprint density at radius 1 is 1.35 bits per heavy atom. The molecule has 0 radical (unpaired) electrons. The van der Waals surface area contributed by atoms with Crippen LogP contribution in [0, 0.1) is 12.7 Å². The van der Waals surface area contributed by atoms with E-state index in [4.69, 9.17) is 28.9 Å². The lowest BCUT2D eigenvalue weighted by Gasteiger charge is -2.09. The lowest BCUT2D eigenvalue weighted by Crippen LogP contribution is -2.16. The van der Waals surface area contributed by atoms with Crippen molar-refractivity contribution in [3.05, 3.63) is 45.6 Å². The molecular formula is C12H9Cl2FN4O. The highest BCUT2D eigenvalue weighted by atomic mass is 35.5. The number of nitrogens with two attached hydrogens (primary N) is 1. The minimum absolute atomic E-state index is 0.00357. The van der Waals surface area contributed by atoms with E-state index in [1.165, 1.54) is 19.1 Å². The van der Waals surface area contributed by atoms with E-state index in [9.17, 15) is 9.18 Å². The van der Waals surface area contributed by atoms with Crippen LogP contribution in [0.1, 0.15) is 15.9 Å². The number of hydrogen-bond donors (Lipinski definition) is 2. The number of amides is 1. The molecule has 20 heavy (non-hydrogen) atoms. The van der Waals surface area contributed by atoms with Gasteiger partial charge in [0, 0.05) is 5.69 Å². The Balaban J connectivity index is 2.36. The predicted molar refractivity (Wildman–Crippen MR) is 75.6 cm³/mol. The van der Waals surface area contributed by atoms with Gasteiger partial charge in [-0.2, -0.15) is 0 Å². The molecule has 1 heterocycles. The van der Waals surface area contributed by atoms with E-state index in [0.717, 1.165) is 6.33 Å². The van der Waals surface area contributed by atoms with Crippen molar-refractivity contribution >= 4 is 40.6 Å². The summed E-state index contributed by atoms with van der Waals surface area (Å²) >= 11 is 11.5. The minimum Gasteiger partial charge on any atom is -0.399 e. The summed E-state index contributed by atoms with van der Waals surface area (Å²) in [6.45, 7) is 1.51. The van der Waals surface area contributed by atoms with Gasteiger partial charge in [-0.1, -0.05) is 23.2 Å². The Morgan fingerprint density at radius 2 is 2.05 bits per heavy atom. The highest BCUT2D eigenvalue weighted by Crippen LogP contribution is 2.26. The number of aryl methyl sites for hydroxylation is 1. The van der Waals surface area contributed by atoms with Crippen LogP contribution >= 0.6 is 23.2 Å². The first-order chi connectivity index (χ1) is 9.40. The number of carbonyl (C=O) groups excluding carboxylic acids is 1. The fourth-order valence-corrected chi connectivity index (χ4v) is 1.85. The summed E-state index contributed by atoms with van der Waals surface area (Å²) < 4.78 is 13.9. The SMILES string of the molecule is Cc1cc(N)cc(C(=O)Nc2ncnc(Cl)c2Cl)c1F. The molecule has 3 N–H and O–H groups in total. The number of hydrogen-bond acceptors (Lipinski definition) is 4. The lowest BCUT2D eigenvalue weighted by atomic mass is 10.1. The maximum atomic E-state index is 13.9. The van der Waals surface area contributed by atoms with Gasteiger partial charge in [0.15, 0.2) is 11.0 Å². The van der Waals surface area contributed by atoms with Crippen LogP contribution in [0.5, 0.6) is 0 Å². The molecule has 0 fully saturated rings. The first-order valence-corrected chi connectivity index (χ1v) is 6.18. The molecule has 0 unspecified atom stereocenters. The van der Waals surface area contributed by atoms with Gasteiger partial charge < -0.3 is 11.1 Å². The standard InChI is InChI=1S/C12H9Cl2FN4O/c1-5-2-6(16)3-7(9(5)15)12(20)19-11-8(13)10(14)17-4-18-11/h2-4H,16H2,1H3,(H,17,18,19,20). The van der Waals surface area contributed by atoms with E-state index in [1.807, 2.05) is 0 Å². The van der Waals surface area contributed by atoms with Gasteiger partial charge in [0.25, 0.3) is 5.91 Å². The number of benzene rings is 1. The molecule has 1 aromatic heterocycles. The van der Waals surface area contributed by atoms with Gasteiger partial charge in [-0.15, -0.1) is 0 Å². The van der Waals surface area contributed by atoms with Crippen molar-refractivity contribution in [2.45, 2.75) is 6.92 Å². The zero-order valence-electron chi connectivity index (χ0n) is 10.2. The van der Waals surface area contributed by atoms with Crippen LogP contribution in [0.25, 0.3) is 0 Å². The Kier molecular flexibility index (Phi) is 4.06. The van der Waals surface area contributed by atoms with E-state index < -0.39 is 11.7 Å². The largest absolute Gasteiger partial charge is 0.399 e. The normalized spacial score (nSPS) is 10.4. The van der Waals surface area contributed by atoms with E-state index >= 15 is 0 Å².